The van der Waals surface area contributed by atoms with E-state index in [-0.39, 0.29) is 23.8 Å². The highest BCUT2D eigenvalue weighted by Gasteiger charge is 2.62. The van der Waals surface area contributed by atoms with Crippen LogP contribution in [0.2, 0.25) is 18.6 Å². The van der Waals surface area contributed by atoms with Gasteiger partial charge in [0.1, 0.15) is 12.2 Å². The van der Waals surface area contributed by atoms with E-state index in [4.69, 9.17) is 24.2 Å². The average molecular weight is 510 g/mol. The molecule has 192 valence electrons. The number of aromatic nitrogens is 4. The molecular formula is C26H35N5O4Si. The summed E-state index contributed by atoms with van der Waals surface area (Å²) in [6, 6.07) is 9.85. The molecule has 3 aromatic rings. The van der Waals surface area contributed by atoms with Gasteiger partial charge in [-0.3, -0.25) is 0 Å². The smallest absolute Gasteiger partial charge is 0.254 e. The summed E-state index contributed by atoms with van der Waals surface area (Å²) in [6.45, 7) is 10.8. The third kappa shape index (κ3) is 4.36. The minimum atomic E-state index is -2.48. The van der Waals surface area contributed by atoms with E-state index in [9.17, 15) is 4.80 Å². The fraction of sp³-hybridized carbons (Fsp3) is 0.538. The van der Waals surface area contributed by atoms with E-state index in [1.807, 2.05) is 57.3 Å². The van der Waals surface area contributed by atoms with Crippen molar-refractivity contribution < 1.29 is 19.0 Å². The van der Waals surface area contributed by atoms with Crippen molar-refractivity contribution in [3.63, 3.8) is 0 Å². The Balaban J connectivity index is 1.60. The lowest BCUT2D eigenvalue weighted by Crippen LogP contribution is -2.46. The Hall–Kier alpha value is -2.66. The number of rotatable bonds is 7. The molecule has 1 aliphatic carbocycles. The lowest BCUT2D eigenvalue weighted by molar-refractivity contribution is -0.105. The Bertz CT molecular complexity index is 1240. The van der Waals surface area contributed by atoms with E-state index < -0.39 is 13.9 Å². The fourth-order valence-electron chi connectivity index (χ4n) is 6.05. The third-order valence-corrected chi connectivity index (χ3v) is 10.1. The number of hydrogen-bond acceptors (Lipinski definition) is 8. The molecule has 2 aromatic heterocycles. The maximum atomic E-state index is 11.2. The monoisotopic (exact) mass is 509 g/mol. The molecule has 5 rings (SSSR count). The van der Waals surface area contributed by atoms with Gasteiger partial charge in [-0.2, -0.15) is 9.97 Å². The van der Waals surface area contributed by atoms with E-state index in [0.717, 1.165) is 18.4 Å². The van der Waals surface area contributed by atoms with Crippen LogP contribution in [0.5, 0.6) is 5.88 Å². The zero-order chi connectivity index (χ0) is 25.5. The number of ether oxygens (including phenoxy) is 3. The largest absolute Gasteiger partial charge is 0.471 e. The number of hydrogen-bond donors (Lipinski definition) is 1. The fourth-order valence-corrected chi connectivity index (χ4v) is 8.36. The van der Waals surface area contributed by atoms with Crippen LogP contribution in [-0.4, -0.2) is 57.3 Å². The minimum absolute atomic E-state index is 0.100. The number of imidazole rings is 1. The molecule has 1 saturated heterocycles. The van der Waals surface area contributed by atoms with Crippen LogP contribution in [-0.2, 0) is 16.1 Å². The molecule has 9 nitrogen and oxygen atoms in total. The second kappa shape index (κ2) is 9.66. The van der Waals surface area contributed by atoms with E-state index in [1.54, 1.807) is 12.5 Å². The van der Waals surface area contributed by atoms with Crippen LogP contribution in [0.1, 0.15) is 45.2 Å². The van der Waals surface area contributed by atoms with Crippen molar-refractivity contribution in [2.75, 3.05) is 6.61 Å². The Morgan fingerprint density at radius 1 is 1.28 bits per heavy atom. The summed E-state index contributed by atoms with van der Waals surface area (Å²) in [6.07, 6.45) is 4.82. The maximum absolute atomic E-state index is 11.2. The van der Waals surface area contributed by atoms with Gasteiger partial charge in [0.05, 0.1) is 19.0 Å². The van der Waals surface area contributed by atoms with Gasteiger partial charge in [0, 0.05) is 6.21 Å². The molecule has 1 saturated carbocycles. The average Bonchev–Trinajstić information content (AvgIpc) is 3.53. The van der Waals surface area contributed by atoms with E-state index >= 15 is 0 Å². The van der Waals surface area contributed by atoms with Gasteiger partial charge in [0.2, 0.25) is 5.88 Å². The molecule has 1 spiro atoms. The van der Waals surface area contributed by atoms with Crippen LogP contribution in [0.25, 0.3) is 11.2 Å². The molecule has 1 aromatic carbocycles. The standard InChI is InChI=1S/C26H35N5O4Si/c1-6-19-20(36(4,5)32)13-21(26(19)15-34-17(3)35-26)31-16-28-22-23(31)29-25(27-7-2)30-24(22)33-14-18-11-9-8-10-12-18/h7-12,16-17,19-21,32H,6,13-15H2,1-5H3/t17?,19-,20+,21+,26+/m1/s1. The van der Waals surface area contributed by atoms with Gasteiger partial charge >= 0.3 is 0 Å². The number of aliphatic imine (C=N–C) groups is 1. The van der Waals surface area contributed by atoms with Gasteiger partial charge in [-0.25, -0.2) is 9.98 Å². The van der Waals surface area contributed by atoms with Crippen LogP contribution in [0.3, 0.4) is 0 Å². The molecule has 10 heteroatoms. The first kappa shape index (κ1) is 25.0. The molecule has 3 heterocycles. The van der Waals surface area contributed by atoms with E-state index in [1.165, 1.54) is 0 Å². The van der Waals surface area contributed by atoms with Gasteiger partial charge in [0.25, 0.3) is 5.95 Å². The molecule has 0 bridgehead atoms. The molecule has 1 N–H and O–H groups in total. The maximum Gasteiger partial charge on any atom is 0.254 e. The molecule has 2 aliphatic rings. The van der Waals surface area contributed by atoms with E-state index in [2.05, 4.69) is 21.5 Å². The van der Waals surface area contributed by atoms with Crippen molar-refractivity contribution in [3.8, 4) is 5.88 Å². The van der Waals surface area contributed by atoms with Crippen molar-refractivity contribution >= 4 is 31.6 Å². The zero-order valence-corrected chi connectivity index (χ0v) is 22.6. The lowest BCUT2D eigenvalue weighted by Gasteiger charge is -2.37. The van der Waals surface area contributed by atoms with Gasteiger partial charge in [0.15, 0.2) is 25.8 Å². The minimum Gasteiger partial charge on any atom is -0.471 e. The number of nitrogens with zero attached hydrogens (tertiary/aromatic N) is 5. The summed E-state index contributed by atoms with van der Waals surface area (Å²) < 4.78 is 20.8. The van der Waals surface area contributed by atoms with Crippen molar-refractivity contribution in [1.29, 1.82) is 0 Å². The van der Waals surface area contributed by atoms with Crippen molar-refractivity contribution in [2.24, 2.45) is 10.9 Å². The first-order valence-corrected chi connectivity index (χ1v) is 15.7. The lowest BCUT2D eigenvalue weighted by atomic mass is 9.86. The summed E-state index contributed by atoms with van der Waals surface area (Å²) >= 11 is 0. The highest BCUT2D eigenvalue weighted by Crippen LogP contribution is 2.59. The number of benzene rings is 1. The predicted octanol–water partition coefficient (Wildman–Crippen LogP) is 4.80. The first-order chi connectivity index (χ1) is 17.3. The second-order valence-electron chi connectivity index (χ2n) is 10.3. The Morgan fingerprint density at radius 3 is 2.69 bits per heavy atom. The van der Waals surface area contributed by atoms with Crippen molar-refractivity contribution in [1.82, 2.24) is 19.5 Å². The van der Waals surface area contributed by atoms with Crippen LogP contribution >= 0.6 is 0 Å². The van der Waals surface area contributed by atoms with Gasteiger partial charge in [-0.15, -0.1) is 0 Å². The molecule has 5 atom stereocenters. The summed E-state index contributed by atoms with van der Waals surface area (Å²) in [5, 5.41) is 0. The topological polar surface area (TPSA) is 104 Å². The van der Waals surface area contributed by atoms with Gasteiger partial charge < -0.3 is 23.6 Å². The molecular weight excluding hydrogens is 474 g/mol. The van der Waals surface area contributed by atoms with Crippen molar-refractivity contribution in [3.05, 3.63) is 42.2 Å². The van der Waals surface area contributed by atoms with Gasteiger partial charge in [-0.05, 0) is 50.4 Å². The predicted molar refractivity (Wildman–Crippen MR) is 140 cm³/mol. The van der Waals surface area contributed by atoms with E-state index in [0.29, 0.717) is 36.2 Å². The summed E-state index contributed by atoms with van der Waals surface area (Å²) in [5.41, 5.74) is 1.86. The highest BCUT2D eigenvalue weighted by molar-refractivity contribution is 6.71. The second-order valence-corrected chi connectivity index (χ2v) is 14.3. The van der Waals surface area contributed by atoms with Crippen LogP contribution in [0.4, 0.5) is 5.95 Å². The van der Waals surface area contributed by atoms with Crippen LogP contribution in [0.15, 0.2) is 41.7 Å². The third-order valence-electron chi connectivity index (χ3n) is 7.61. The summed E-state index contributed by atoms with van der Waals surface area (Å²) in [4.78, 5) is 29.6. The molecule has 36 heavy (non-hydrogen) atoms. The first-order valence-electron chi connectivity index (χ1n) is 12.7. The molecule has 1 aliphatic heterocycles. The van der Waals surface area contributed by atoms with Crippen LogP contribution < -0.4 is 4.74 Å². The Labute approximate surface area is 212 Å². The molecule has 0 radical (unpaired) electrons. The Kier molecular flexibility index (Phi) is 6.71. The quantitative estimate of drug-likeness (QED) is 0.360. The molecule has 1 unspecified atom stereocenters. The number of fused-ring (bicyclic) bond motifs is 1. The SMILES string of the molecule is CC=Nc1nc(OCc2ccccc2)c2ncn([C@H]3C[C@H]([Si](C)(C)O)[C@@H](CC)[C@@]34COC(C)O4)c2n1. The zero-order valence-electron chi connectivity index (χ0n) is 21.6. The van der Waals surface area contributed by atoms with Crippen LogP contribution in [0, 0.1) is 5.92 Å². The van der Waals surface area contributed by atoms with Crippen molar-refractivity contribution in [2.45, 2.75) is 76.8 Å². The van der Waals surface area contributed by atoms with Gasteiger partial charge in [-0.1, -0.05) is 43.7 Å². The summed E-state index contributed by atoms with van der Waals surface area (Å²) in [7, 11) is -2.48. The summed E-state index contributed by atoms with van der Waals surface area (Å²) in [5.74, 6) is 0.882. The normalized spacial score (nSPS) is 28.6. The Morgan fingerprint density at radius 2 is 2.06 bits per heavy atom. The highest BCUT2D eigenvalue weighted by atomic mass is 28.4. The molecule has 0 amide bonds. The molecule has 2 fully saturated rings.